The number of rotatable bonds is 2. The molecule has 0 radical (unpaired) electrons. The predicted octanol–water partition coefficient (Wildman–Crippen LogP) is 1.68. The quantitative estimate of drug-likeness (QED) is 0.828. The highest BCUT2D eigenvalue weighted by Crippen LogP contribution is 2.15. The van der Waals surface area contributed by atoms with Gasteiger partial charge in [-0.25, -0.2) is 4.98 Å². The number of nitrogens with zero attached hydrogens (tertiary/aromatic N) is 2. The third-order valence-corrected chi connectivity index (χ3v) is 2.73. The Labute approximate surface area is 96.3 Å². The molecule has 0 aliphatic carbocycles. The third-order valence-electron chi connectivity index (χ3n) is 1.86. The number of nitrogens with one attached hydrogen (secondary N) is 1. The van der Waals surface area contributed by atoms with Crippen LogP contribution >= 0.6 is 11.3 Å². The van der Waals surface area contributed by atoms with Crippen molar-refractivity contribution in [3.8, 4) is 0 Å². The van der Waals surface area contributed by atoms with Crippen LogP contribution in [0.25, 0.3) is 0 Å². The highest BCUT2D eigenvalue weighted by Gasteiger charge is 2.09. The summed E-state index contributed by atoms with van der Waals surface area (Å²) in [7, 11) is 0. The van der Waals surface area contributed by atoms with Crippen LogP contribution in [0.3, 0.4) is 0 Å². The van der Waals surface area contributed by atoms with Crippen LogP contribution in [0.1, 0.15) is 16.2 Å². The first-order valence-electron chi connectivity index (χ1n) is 4.60. The van der Waals surface area contributed by atoms with Gasteiger partial charge >= 0.3 is 0 Å². The molecule has 0 saturated heterocycles. The summed E-state index contributed by atoms with van der Waals surface area (Å²) in [6, 6.07) is 3.15. The van der Waals surface area contributed by atoms with E-state index in [0.717, 1.165) is 5.69 Å². The molecule has 2 heterocycles. The van der Waals surface area contributed by atoms with E-state index in [-0.39, 0.29) is 11.6 Å². The first-order valence-corrected chi connectivity index (χ1v) is 5.48. The highest BCUT2D eigenvalue weighted by molar-refractivity contribution is 7.13. The van der Waals surface area contributed by atoms with Crippen LogP contribution in [0.5, 0.6) is 0 Å². The standard InChI is InChI=1S/C10H10N4OS/c1-6-5-16-10(13-6)14-9(15)8-4-7(11)2-3-12-8/h2-5H,1H3,(H2,11,12)(H,13,14,15). The van der Waals surface area contributed by atoms with Crippen LogP contribution in [-0.4, -0.2) is 15.9 Å². The van der Waals surface area contributed by atoms with Gasteiger partial charge < -0.3 is 5.73 Å². The zero-order valence-electron chi connectivity index (χ0n) is 8.60. The van der Waals surface area contributed by atoms with E-state index in [1.807, 2.05) is 12.3 Å². The molecular formula is C10H10N4OS. The van der Waals surface area contributed by atoms with E-state index in [1.165, 1.54) is 23.6 Å². The maximum atomic E-state index is 11.7. The van der Waals surface area contributed by atoms with Gasteiger partial charge in [0.15, 0.2) is 5.13 Å². The molecule has 0 bridgehead atoms. The van der Waals surface area contributed by atoms with Crippen LogP contribution in [0.4, 0.5) is 10.8 Å². The lowest BCUT2D eigenvalue weighted by molar-refractivity contribution is 0.102. The molecule has 0 spiro atoms. The minimum Gasteiger partial charge on any atom is -0.399 e. The summed E-state index contributed by atoms with van der Waals surface area (Å²) in [6.45, 7) is 1.87. The number of nitrogens with two attached hydrogens (primary N) is 1. The van der Waals surface area contributed by atoms with Gasteiger partial charge in [0.05, 0.1) is 5.69 Å². The maximum absolute atomic E-state index is 11.7. The monoisotopic (exact) mass is 234 g/mol. The van der Waals surface area contributed by atoms with Crippen molar-refractivity contribution in [3.05, 3.63) is 35.1 Å². The van der Waals surface area contributed by atoms with E-state index in [2.05, 4.69) is 15.3 Å². The molecule has 0 aliphatic rings. The molecule has 5 nitrogen and oxygen atoms in total. The summed E-state index contributed by atoms with van der Waals surface area (Å²) >= 11 is 1.37. The molecule has 0 saturated carbocycles. The number of anilines is 2. The van der Waals surface area contributed by atoms with Crippen LogP contribution in [0.15, 0.2) is 23.7 Å². The summed E-state index contributed by atoms with van der Waals surface area (Å²) in [5.74, 6) is -0.304. The summed E-state index contributed by atoms with van der Waals surface area (Å²) in [4.78, 5) is 19.8. The van der Waals surface area contributed by atoms with Crippen LogP contribution < -0.4 is 11.1 Å². The van der Waals surface area contributed by atoms with Gasteiger partial charge in [-0.15, -0.1) is 11.3 Å². The van der Waals surface area contributed by atoms with Crippen molar-refractivity contribution in [2.24, 2.45) is 0 Å². The molecule has 0 unspecified atom stereocenters. The normalized spacial score (nSPS) is 10.1. The molecule has 1 amide bonds. The summed E-state index contributed by atoms with van der Waals surface area (Å²) < 4.78 is 0. The Balaban J connectivity index is 2.14. The fourth-order valence-corrected chi connectivity index (χ4v) is 1.83. The van der Waals surface area contributed by atoms with Gasteiger partial charge in [-0.1, -0.05) is 0 Å². The number of amides is 1. The van der Waals surface area contributed by atoms with E-state index in [4.69, 9.17) is 5.73 Å². The van der Waals surface area contributed by atoms with Crippen molar-refractivity contribution < 1.29 is 4.79 Å². The topological polar surface area (TPSA) is 80.9 Å². The number of hydrogen-bond acceptors (Lipinski definition) is 5. The lowest BCUT2D eigenvalue weighted by Gasteiger charge is -2.01. The molecule has 16 heavy (non-hydrogen) atoms. The zero-order chi connectivity index (χ0) is 11.5. The second-order valence-electron chi connectivity index (χ2n) is 3.22. The van der Waals surface area contributed by atoms with E-state index in [9.17, 15) is 4.79 Å². The van der Waals surface area contributed by atoms with E-state index in [0.29, 0.717) is 10.8 Å². The van der Waals surface area contributed by atoms with Crippen molar-refractivity contribution in [1.82, 2.24) is 9.97 Å². The molecule has 2 aromatic rings. The Kier molecular flexibility index (Phi) is 2.82. The fraction of sp³-hybridized carbons (Fsp3) is 0.100. The SMILES string of the molecule is Cc1csc(NC(=O)c2cc(N)ccn2)n1. The van der Waals surface area contributed by atoms with Gasteiger partial charge in [-0.2, -0.15) is 0 Å². The van der Waals surface area contributed by atoms with Crippen LogP contribution in [0.2, 0.25) is 0 Å². The average molecular weight is 234 g/mol. The first kappa shape index (κ1) is 10.6. The Hall–Kier alpha value is -1.95. The number of thiazole rings is 1. The molecule has 82 valence electrons. The van der Waals surface area contributed by atoms with Gasteiger partial charge in [-0.05, 0) is 19.1 Å². The summed E-state index contributed by atoms with van der Waals surface area (Å²) in [5.41, 5.74) is 7.23. The van der Waals surface area contributed by atoms with Crippen molar-refractivity contribution in [3.63, 3.8) is 0 Å². The van der Waals surface area contributed by atoms with E-state index < -0.39 is 0 Å². The highest BCUT2D eigenvalue weighted by atomic mass is 32.1. The van der Waals surface area contributed by atoms with Crippen molar-refractivity contribution >= 4 is 28.1 Å². The van der Waals surface area contributed by atoms with Gasteiger partial charge in [-0.3, -0.25) is 15.1 Å². The zero-order valence-corrected chi connectivity index (χ0v) is 9.41. The number of hydrogen-bond donors (Lipinski definition) is 2. The third kappa shape index (κ3) is 2.34. The van der Waals surface area contributed by atoms with Crippen molar-refractivity contribution in [1.29, 1.82) is 0 Å². The van der Waals surface area contributed by atoms with Gasteiger partial charge in [0, 0.05) is 17.3 Å². The predicted molar refractivity (Wildman–Crippen MR) is 63.5 cm³/mol. The Morgan fingerprint density at radius 2 is 2.38 bits per heavy atom. The largest absolute Gasteiger partial charge is 0.399 e. The summed E-state index contributed by atoms with van der Waals surface area (Å²) in [5, 5.41) is 5.08. The van der Waals surface area contributed by atoms with E-state index in [1.54, 1.807) is 6.07 Å². The van der Waals surface area contributed by atoms with Crippen LogP contribution in [-0.2, 0) is 0 Å². The second-order valence-corrected chi connectivity index (χ2v) is 4.08. The van der Waals surface area contributed by atoms with Crippen molar-refractivity contribution in [2.75, 3.05) is 11.1 Å². The number of pyridine rings is 1. The maximum Gasteiger partial charge on any atom is 0.276 e. The molecule has 6 heteroatoms. The number of aromatic nitrogens is 2. The Bertz CT molecular complexity index is 523. The minimum atomic E-state index is -0.304. The lowest BCUT2D eigenvalue weighted by atomic mass is 10.3. The van der Waals surface area contributed by atoms with Crippen LogP contribution in [0, 0.1) is 6.92 Å². The van der Waals surface area contributed by atoms with Gasteiger partial charge in [0.25, 0.3) is 5.91 Å². The van der Waals surface area contributed by atoms with Gasteiger partial charge in [0.2, 0.25) is 0 Å². The Morgan fingerprint density at radius 1 is 1.56 bits per heavy atom. The summed E-state index contributed by atoms with van der Waals surface area (Å²) in [6.07, 6.45) is 1.50. The molecule has 0 aromatic carbocycles. The number of nitrogen functional groups attached to an aromatic ring is 1. The molecular weight excluding hydrogens is 224 g/mol. The molecule has 2 aromatic heterocycles. The molecule has 2 rings (SSSR count). The van der Waals surface area contributed by atoms with E-state index >= 15 is 0 Å². The molecule has 0 aliphatic heterocycles. The van der Waals surface area contributed by atoms with Crippen molar-refractivity contribution in [2.45, 2.75) is 6.92 Å². The minimum absolute atomic E-state index is 0.285. The molecule has 0 fully saturated rings. The smallest absolute Gasteiger partial charge is 0.276 e. The number of carbonyl (C=O) groups is 1. The molecule has 3 N–H and O–H groups in total. The lowest BCUT2D eigenvalue weighted by Crippen LogP contribution is -2.13. The molecule has 0 atom stereocenters. The first-order chi connectivity index (χ1) is 7.65. The number of aryl methyl sites for hydroxylation is 1. The average Bonchev–Trinajstić information content (AvgIpc) is 2.64. The fourth-order valence-electron chi connectivity index (χ4n) is 1.14. The van der Waals surface area contributed by atoms with Gasteiger partial charge in [0.1, 0.15) is 5.69 Å². The Morgan fingerprint density at radius 3 is 3.00 bits per heavy atom. The second kappa shape index (κ2) is 4.28. The number of carbonyl (C=O) groups excluding carboxylic acids is 1.